The van der Waals surface area contributed by atoms with Crippen LogP contribution in [0.3, 0.4) is 0 Å². The van der Waals surface area contributed by atoms with Crippen molar-refractivity contribution < 1.29 is 9.53 Å². The maximum absolute atomic E-state index is 11.4. The predicted molar refractivity (Wildman–Crippen MR) is 105 cm³/mol. The molecule has 0 saturated heterocycles. The molecule has 0 N–H and O–H groups in total. The highest BCUT2D eigenvalue weighted by molar-refractivity contribution is 5.69. The molecule has 0 aromatic rings. The maximum Gasteiger partial charge on any atom is 0.306 e. The van der Waals surface area contributed by atoms with E-state index < -0.39 is 0 Å². The van der Waals surface area contributed by atoms with Crippen molar-refractivity contribution in [2.45, 2.75) is 136 Å². The van der Waals surface area contributed by atoms with Gasteiger partial charge < -0.3 is 4.74 Å². The first kappa shape index (κ1) is 23.5. The molecule has 0 spiro atoms. The van der Waals surface area contributed by atoms with Crippen LogP contribution in [-0.2, 0) is 9.53 Å². The zero-order chi connectivity index (χ0) is 17.9. The highest BCUT2D eigenvalue weighted by atomic mass is 16.5. The lowest BCUT2D eigenvalue weighted by atomic mass is 10.0. The predicted octanol–water partition coefficient (Wildman–Crippen LogP) is 7.59. The van der Waals surface area contributed by atoms with E-state index in [0.717, 1.165) is 6.42 Å². The van der Waals surface area contributed by atoms with Gasteiger partial charge in [0.1, 0.15) is 0 Å². The fraction of sp³-hybridized carbons (Fsp3) is 0.955. The SMILES string of the molecule is CCCCCCCCCCCCCCCCCCC(=O)OC(C)C. The molecule has 0 rings (SSSR count). The molecule has 2 nitrogen and oxygen atoms in total. The zero-order valence-corrected chi connectivity index (χ0v) is 16.9. The second-order valence-corrected chi connectivity index (χ2v) is 7.59. The summed E-state index contributed by atoms with van der Waals surface area (Å²) in [5.74, 6) is -0.0321. The van der Waals surface area contributed by atoms with Crippen LogP contribution in [0.1, 0.15) is 130 Å². The van der Waals surface area contributed by atoms with E-state index in [-0.39, 0.29) is 12.1 Å². The van der Waals surface area contributed by atoms with Gasteiger partial charge in [0.15, 0.2) is 0 Å². The summed E-state index contributed by atoms with van der Waals surface area (Å²) in [6.45, 7) is 6.10. The lowest BCUT2D eigenvalue weighted by Gasteiger charge is -2.07. The minimum Gasteiger partial charge on any atom is -0.463 e. The van der Waals surface area contributed by atoms with Gasteiger partial charge in [-0.3, -0.25) is 4.79 Å². The molecule has 0 bridgehead atoms. The highest BCUT2D eigenvalue weighted by Crippen LogP contribution is 2.14. The van der Waals surface area contributed by atoms with Gasteiger partial charge >= 0.3 is 5.97 Å². The van der Waals surface area contributed by atoms with Crippen LogP contribution in [0.2, 0.25) is 0 Å². The molecule has 0 radical (unpaired) electrons. The van der Waals surface area contributed by atoms with Crippen LogP contribution < -0.4 is 0 Å². The lowest BCUT2D eigenvalue weighted by Crippen LogP contribution is -2.10. The number of carbonyl (C=O) groups excluding carboxylic acids is 1. The largest absolute Gasteiger partial charge is 0.463 e. The number of hydrogen-bond acceptors (Lipinski definition) is 2. The van der Waals surface area contributed by atoms with Crippen molar-refractivity contribution in [2.75, 3.05) is 0 Å². The number of esters is 1. The number of hydrogen-bond donors (Lipinski definition) is 0. The summed E-state index contributed by atoms with van der Waals surface area (Å²) in [7, 11) is 0. The second-order valence-electron chi connectivity index (χ2n) is 7.59. The highest BCUT2D eigenvalue weighted by Gasteiger charge is 2.04. The molecule has 0 amide bonds. The van der Waals surface area contributed by atoms with Gasteiger partial charge in [0.2, 0.25) is 0 Å². The third kappa shape index (κ3) is 19.5. The molecule has 0 heterocycles. The summed E-state index contributed by atoms with van der Waals surface area (Å²) < 4.78 is 5.14. The molecule has 0 aliphatic carbocycles. The number of ether oxygens (including phenoxy) is 1. The average molecular weight is 341 g/mol. The van der Waals surface area contributed by atoms with Crippen LogP contribution in [0, 0.1) is 0 Å². The Morgan fingerprint density at radius 2 is 0.958 bits per heavy atom. The standard InChI is InChI=1S/C22H44O2/c1-4-5-6-7-8-9-10-11-12-13-14-15-16-17-18-19-20-22(23)24-21(2)3/h21H,4-20H2,1-3H3. The molecule has 0 aromatic carbocycles. The average Bonchev–Trinajstić information content (AvgIpc) is 2.53. The molecule has 0 saturated carbocycles. The Hall–Kier alpha value is -0.530. The molecule has 0 aromatic heterocycles. The van der Waals surface area contributed by atoms with Gasteiger partial charge in [-0.05, 0) is 20.3 Å². The maximum atomic E-state index is 11.4. The minimum absolute atomic E-state index is 0.0264. The molecular formula is C22H44O2. The smallest absolute Gasteiger partial charge is 0.306 e. The van der Waals surface area contributed by atoms with Crippen molar-refractivity contribution in [3.05, 3.63) is 0 Å². The molecule has 0 aliphatic rings. The van der Waals surface area contributed by atoms with Crippen LogP contribution in [0.15, 0.2) is 0 Å². The summed E-state index contributed by atoms with van der Waals surface area (Å²) in [6, 6.07) is 0. The van der Waals surface area contributed by atoms with Gasteiger partial charge in [-0.1, -0.05) is 103 Å². The van der Waals surface area contributed by atoms with Crippen molar-refractivity contribution in [1.82, 2.24) is 0 Å². The fourth-order valence-corrected chi connectivity index (χ4v) is 3.14. The third-order valence-electron chi connectivity index (χ3n) is 4.60. The van der Waals surface area contributed by atoms with E-state index in [1.54, 1.807) is 0 Å². The van der Waals surface area contributed by atoms with Gasteiger partial charge in [0.25, 0.3) is 0 Å². The normalized spacial score (nSPS) is 11.2. The fourth-order valence-electron chi connectivity index (χ4n) is 3.14. The molecule has 0 fully saturated rings. The topological polar surface area (TPSA) is 26.3 Å². The van der Waals surface area contributed by atoms with Crippen LogP contribution in [0.4, 0.5) is 0 Å². The van der Waals surface area contributed by atoms with E-state index in [2.05, 4.69) is 6.92 Å². The van der Waals surface area contributed by atoms with Crippen LogP contribution >= 0.6 is 0 Å². The summed E-state index contributed by atoms with van der Waals surface area (Å²) in [4.78, 5) is 11.4. The van der Waals surface area contributed by atoms with E-state index in [1.165, 1.54) is 96.3 Å². The zero-order valence-electron chi connectivity index (χ0n) is 16.9. The number of carbonyl (C=O) groups is 1. The Kier molecular flexibility index (Phi) is 18.4. The van der Waals surface area contributed by atoms with E-state index in [0.29, 0.717) is 6.42 Å². The van der Waals surface area contributed by atoms with Crippen LogP contribution in [0.5, 0.6) is 0 Å². The van der Waals surface area contributed by atoms with Crippen molar-refractivity contribution in [1.29, 1.82) is 0 Å². The summed E-state index contributed by atoms with van der Waals surface area (Å²) in [5, 5.41) is 0. The van der Waals surface area contributed by atoms with Gasteiger partial charge in [0.05, 0.1) is 6.10 Å². The number of rotatable bonds is 18. The van der Waals surface area contributed by atoms with Crippen molar-refractivity contribution in [3.63, 3.8) is 0 Å². The molecule has 144 valence electrons. The van der Waals surface area contributed by atoms with Crippen LogP contribution in [0.25, 0.3) is 0 Å². The van der Waals surface area contributed by atoms with Gasteiger partial charge in [0, 0.05) is 6.42 Å². The Morgan fingerprint density at radius 1 is 0.625 bits per heavy atom. The molecule has 0 atom stereocenters. The van der Waals surface area contributed by atoms with Gasteiger partial charge in [-0.15, -0.1) is 0 Å². The first-order chi connectivity index (χ1) is 11.7. The van der Waals surface area contributed by atoms with E-state index in [9.17, 15) is 4.79 Å². The van der Waals surface area contributed by atoms with E-state index in [4.69, 9.17) is 4.74 Å². The molecule has 24 heavy (non-hydrogen) atoms. The summed E-state index contributed by atoms with van der Waals surface area (Å²) >= 11 is 0. The van der Waals surface area contributed by atoms with Crippen molar-refractivity contribution in [3.8, 4) is 0 Å². The Morgan fingerprint density at radius 3 is 1.29 bits per heavy atom. The van der Waals surface area contributed by atoms with Crippen LogP contribution in [-0.4, -0.2) is 12.1 Å². The summed E-state index contributed by atoms with van der Waals surface area (Å²) in [6.07, 6.45) is 22.4. The first-order valence-corrected chi connectivity index (χ1v) is 10.9. The summed E-state index contributed by atoms with van der Waals surface area (Å²) in [5.41, 5.74) is 0. The Bertz CT molecular complexity index is 261. The third-order valence-corrected chi connectivity index (χ3v) is 4.60. The molecule has 0 unspecified atom stereocenters. The minimum atomic E-state index is -0.0321. The number of unbranched alkanes of at least 4 members (excludes halogenated alkanes) is 15. The Labute approximate surface area is 152 Å². The Balaban J connectivity index is 3.06. The van der Waals surface area contributed by atoms with E-state index >= 15 is 0 Å². The van der Waals surface area contributed by atoms with E-state index in [1.807, 2.05) is 13.8 Å². The molecule has 2 heteroatoms. The monoisotopic (exact) mass is 340 g/mol. The van der Waals surface area contributed by atoms with Crippen molar-refractivity contribution >= 4 is 5.97 Å². The quantitative estimate of drug-likeness (QED) is 0.190. The first-order valence-electron chi connectivity index (χ1n) is 10.9. The van der Waals surface area contributed by atoms with Crippen molar-refractivity contribution in [2.24, 2.45) is 0 Å². The van der Waals surface area contributed by atoms with Gasteiger partial charge in [-0.25, -0.2) is 0 Å². The van der Waals surface area contributed by atoms with Gasteiger partial charge in [-0.2, -0.15) is 0 Å². The second kappa shape index (κ2) is 18.8. The lowest BCUT2D eigenvalue weighted by molar-refractivity contribution is -0.147. The molecule has 0 aliphatic heterocycles. The molecular weight excluding hydrogens is 296 g/mol.